The molecule has 0 unspecified atom stereocenters. The lowest BCUT2D eigenvalue weighted by atomic mass is 10.0. The standard InChI is InChI=1S/C15H26N2O2.2ClH/c1-2-3-4-5-14(17-10-8-16-9-11-17)15-7-6-13(12-18)19-15;;/h6-7,14,16,18H,2-5,8-12H2,1H3;2*1H/t14-;;/m0../s1. The van der Waals surface area contributed by atoms with Gasteiger partial charge in [-0.05, 0) is 18.6 Å². The molecule has 0 bridgehead atoms. The topological polar surface area (TPSA) is 48.6 Å². The molecule has 2 rings (SSSR count). The summed E-state index contributed by atoms with van der Waals surface area (Å²) in [5, 5.41) is 12.5. The van der Waals surface area contributed by atoms with E-state index >= 15 is 0 Å². The largest absolute Gasteiger partial charge is 0.462 e. The van der Waals surface area contributed by atoms with Gasteiger partial charge in [-0.25, -0.2) is 0 Å². The normalized spacial score (nSPS) is 16.9. The monoisotopic (exact) mass is 338 g/mol. The van der Waals surface area contributed by atoms with Gasteiger partial charge in [0.05, 0.1) is 6.04 Å². The highest BCUT2D eigenvalue weighted by atomic mass is 35.5. The molecule has 0 radical (unpaired) electrons. The molecule has 2 N–H and O–H groups in total. The zero-order valence-corrected chi connectivity index (χ0v) is 14.3. The van der Waals surface area contributed by atoms with E-state index in [0.717, 1.165) is 38.4 Å². The average molecular weight is 339 g/mol. The van der Waals surface area contributed by atoms with Crippen molar-refractivity contribution in [2.75, 3.05) is 26.2 Å². The third-order valence-electron chi connectivity index (χ3n) is 3.84. The summed E-state index contributed by atoms with van der Waals surface area (Å²) in [6, 6.07) is 4.29. The number of hydrogen-bond donors (Lipinski definition) is 2. The number of nitrogens with one attached hydrogen (secondary N) is 1. The van der Waals surface area contributed by atoms with Crippen LogP contribution < -0.4 is 5.32 Å². The van der Waals surface area contributed by atoms with Crippen LogP contribution in [0.1, 0.15) is 50.2 Å². The molecule has 0 saturated carbocycles. The molecule has 1 saturated heterocycles. The van der Waals surface area contributed by atoms with Gasteiger partial charge in [-0.1, -0.05) is 26.2 Å². The zero-order valence-electron chi connectivity index (χ0n) is 12.7. The molecule has 0 amide bonds. The maximum Gasteiger partial charge on any atom is 0.129 e. The van der Waals surface area contributed by atoms with E-state index in [2.05, 4.69) is 17.1 Å². The van der Waals surface area contributed by atoms with E-state index < -0.39 is 0 Å². The van der Waals surface area contributed by atoms with Crippen molar-refractivity contribution in [3.05, 3.63) is 23.7 Å². The van der Waals surface area contributed by atoms with Gasteiger partial charge >= 0.3 is 0 Å². The number of unbranched alkanes of at least 4 members (excludes halogenated alkanes) is 2. The smallest absolute Gasteiger partial charge is 0.129 e. The molecule has 2 heterocycles. The molecule has 6 heteroatoms. The first kappa shape index (κ1) is 20.7. The maximum atomic E-state index is 9.14. The molecule has 1 aliphatic heterocycles. The van der Waals surface area contributed by atoms with Gasteiger partial charge in [0.25, 0.3) is 0 Å². The molecule has 4 nitrogen and oxygen atoms in total. The number of furan rings is 1. The second-order valence-electron chi connectivity index (χ2n) is 5.26. The quantitative estimate of drug-likeness (QED) is 0.750. The molecule has 0 spiro atoms. The van der Waals surface area contributed by atoms with E-state index in [1.807, 2.05) is 12.1 Å². The van der Waals surface area contributed by atoms with Gasteiger partial charge in [0, 0.05) is 26.2 Å². The van der Waals surface area contributed by atoms with E-state index in [4.69, 9.17) is 9.52 Å². The van der Waals surface area contributed by atoms with Crippen molar-refractivity contribution in [1.82, 2.24) is 10.2 Å². The summed E-state index contributed by atoms with van der Waals surface area (Å²) in [5.41, 5.74) is 0. The summed E-state index contributed by atoms with van der Waals surface area (Å²) < 4.78 is 5.77. The van der Waals surface area contributed by atoms with Gasteiger partial charge in [-0.3, -0.25) is 4.90 Å². The first-order valence-corrected chi connectivity index (χ1v) is 7.49. The second-order valence-corrected chi connectivity index (χ2v) is 5.26. The molecule has 1 aliphatic rings. The Morgan fingerprint density at radius 2 is 1.95 bits per heavy atom. The molecule has 1 atom stereocenters. The van der Waals surface area contributed by atoms with Crippen LogP contribution in [0.15, 0.2) is 16.5 Å². The van der Waals surface area contributed by atoms with Crippen LogP contribution in [0.25, 0.3) is 0 Å². The van der Waals surface area contributed by atoms with Gasteiger partial charge in [0.15, 0.2) is 0 Å². The second kappa shape index (κ2) is 11.3. The SMILES string of the molecule is CCCCC[C@@H](c1ccc(CO)o1)N1CCNCC1.Cl.Cl. The van der Waals surface area contributed by atoms with Crippen molar-refractivity contribution in [3.63, 3.8) is 0 Å². The lowest BCUT2D eigenvalue weighted by molar-refractivity contribution is 0.139. The fourth-order valence-electron chi connectivity index (χ4n) is 2.74. The highest BCUT2D eigenvalue weighted by Gasteiger charge is 2.24. The Morgan fingerprint density at radius 3 is 2.52 bits per heavy atom. The minimum Gasteiger partial charge on any atom is -0.462 e. The number of aliphatic hydroxyl groups excluding tert-OH is 1. The molecule has 1 aromatic rings. The van der Waals surface area contributed by atoms with Gasteiger partial charge in [0.1, 0.15) is 18.1 Å². The molecule has 124 valence electrons. The number of rotatable bonds is 7. The van der Waals surface area contributed by atoms with Crippen LogP contribution >= 0.6 is 24.8 Å². The number of hydrogen-bond acceptors (Lipinski definition) is 4. The summed E-state index contributed by atoms with van der Waals surface area (Å²) in [6.07, 6.45) is 4.90. The molecule has 0 aromatic carbocycles. The zero-order chi connectivity index (χ0) is 13.5. The lowest BCUT2D eigenvalue weighted by Crippen LogP contribution is -2.45. The maximum absolute atomic E-state index is 9.14. The number of halogens is 2. The van der Waals surface area contributed by atoms with Crippen molar-refractivity contribution in [1.29, 1.82) is 0 Å². The number of piperazine rings is 1. The molecule has 21 heavy (non-hydrogen) atoms. The van der Waals surface area contributed by atoms with E-state index in [0.29, 0.717) is 11.8 Å². The van der Waals surface area contributed by atoms with Crippen molar-refractivity contribution >= 4 is 24.8 Å². The van der Waals surface area contributed by atoms with Crippen LogP contribution in [0.5, 0.6) is 0 Å². The average Bonchev–Trinajstić information content (AvgIpc) is 2.93. The van der Waals surface area contributed by atoms with Gasteiger partial charge in [-0.2, -0.15) is 0 Å². The van der Waals surface area contributed by atoms with Crippen LogP contribution in [0.4, 0.5) is 0 Å². The predicted octanol–water partition coefficient (Wildman–Crippen LogP) is 3.14. The Labute approximate surface area is 140 Å². The van der Waals surface area contributed by atoms with Gasteiger partial charge in [0.2, 0.25) is 0 Å². The van der Waals surface area contributed by atoms with Gasteiger partial charge < -0.3 is 14.8 Å². The molecular weight excluding hydrogens is 311 g/mol. The Morgan fingerprint density at radius 1 is 1.24 bits per heavy atom. The van der Waals surface area contributed by atoms with Crippen molar-refractivity contribution in [2.45, 2.75) is 45.3 Å². The van der Waals surface area contributed by atoms with E-state index in [-0.39, 0.29) is 31.4 Å². The van der Waals surface area contributed by atoms with Crippen molar-refractivity contribution in [2.24, 2.45) is 0 Å². The third kappa shape index (κ3) is 6.17. The number of aliphatic hydroxyl groups is 1. The fraction of sp³-hybridized carbons (Fsp3) is 0.733. The lowest BCUT2D eigenvalue weighted by Gasteiger charge is -2.34. The molecule has 1 aromatic heterocycles. The Hall–Kier alpha value is -0.260. The van der Waals surface area contributed by atoms with Gasteiger partial charge in [-0.15, -0.1) is 24.8 Å². The summed E-state index contributed by atoms with van der Waals surface area (Å²) >= 11 is 0. The summed E-state index contributed by atoms with van der Waals surface area (Å²) in [4.78, 5) is 2.51. The Balaban J connectivity index is 0.00000200. The third-order valence-corrected chi connectivity index (χ3v) is 3.84. The minimum atomic E-state index is -0.0107. The molecule has 0 aliphatic carbocycles. The van der Waals surface area contributed by atoms with Crippen LogP contribution in [0.3, 0.4) is 0 Å². The highest BCUT2D eigenvalue weighted by Crippen LogP contribution is 2.28. The van der Waals surface area contributed by atoms with Crippen LogP contribution in [-0.4, -0.2) is 36.2 Å². The first-order chi connectivity index (χ1) is 9.35. The van der Waals surface area contributed by atoms with E-state index in [9.17, 15) is 0 Å². The Kier molecular flexibility index (Phi) is 11.2. The summed E-state index contributed by atoms with van der Waals surface area (Å²) in [5.74, 6) is 1.69. The van der Waals surface area contributed by atoms with Crippen LogP contribution in [0.2, 0.25) is 0 Å². The minimum absolute atomic E-state index is 0. The first-order valence-electron chi connectivity index (χ1n) is 7.49. The number of nitrogens with zero attached hydrogens (tertiary/aromatic N) is 1. The van der Waals surface area contributed by atoms with Crippen LogP contribution in [0, 0.1) is 0 Å². The highest BCUT2D eigenvalue weighted by molar-refractivity contribution is 5.85. The Bertz CT molecular complexity index is 368. The van der Waals surface area contributed by atoms with E-state index in [1.165, 1.54) is 19.3 Å². The van der Waals surface area contributed by atoms with E-state index in [1.54, 1.807) is 0 Å². The summed E-state index contributed by atoms with van der Waals surface area (Å²) in [7, 11) is 0. The van der Waals surface area contributed by atoms with Crippen molar-refractivity contribution in [3.8, 4) is 0 Å². The molecule has 1 fully saturated rings. The van der Waals surface area contributed by atoms with Crippen LogP contribution in [-0.2, 0) is 6.61 Å². The predicted molar refractivity (Wildman–Crippen MR) is 90.5 cm³/mol. The van der Waals surface area contributed by atoms with Crippen molar-refractivity contribution < 1.29 is 9.52 Å². The molecular formula is C15H28Cl2N2O2. The fourth-order valence-corrected chi connectivity index (χ4v) is 2.74. The summed E-state index contributed by atoms with van der Waals surface area (Å²) in [6.45, 7) is 6.48.